The molecule has 3 N–H and O–H groups in total. The zero-order valence-electron chi connectivity index (χ0n) is 11.5. The predicted molar refractivity (Wildman–Crippen MR) is 70.6 cm³/mol. The van der Waals surface area contributed by atoms with Gasteiger partial charge < -0.3 is 15.7 Å². The maximum absolute atomic E-state index is 12.7. The quantitative estimate of drug-likeness (QED) is 0.720. The molecule has 114 valence electrons. The van der Waals surface area contributed by atoms with Crippen LogP contribution in [0.3, 0.4) is 0 Å². The van der Waals surface area contributed by atoms with Gasteiger partial charge in [0.05, 0.1) is 12.6 Å². The smallest absolute Gasteiger partial charge is 0.394 e. The Morgan fingerprint density at radius 1 is 1.25 bits per heavy atom. The first kappa shape index (κ1) is 16.5. The van der Waals surface area contributed by atoms with Crippen LogP contribution in [-0.4, -0.2) is 34.3 Å². The van der Waals surface area contributed by atoms with Crippen molar-refractivity contribution in [3.8, 4) is 0 Å². The van der Waals surface area contributed by atoms with Gasteiger partial charge in [-0.15, -0.1) is 0 Å². The van der Waals surface area contributed by atoms with E-state index in [9.17, 15) is 13.2 Å². The maximum Gasteiger partial charge on any atom is 0.451 e. The highest BCUT2D eigenvalue weighted by Crippen LogP contribution is 2.28. The number of nitrogens with zero attached hydrogens (tertiary/aromatic N) is 2. The van der Waals surface area contributed by atoms with E-state index < -0.39 is 12.0 Å². The Hall–Kier alpha value is -1.57. The zero-order chi connectivity index (χ0) is 15.2. The van der Waals surface area contributed by atoms with Gasteiger partial charge in [-0.3, -0.25) is 0 Å². The fourth-order valence-corrected chi connectivity index (χ4v) is 1.48. The molecule has 8 heteroatoms. The van der Waals surface area contributed by atoms with Crippen LogP contribution in [0.4, 0.5) is 24.8 Å². The van der Waals surface area contributed by atoms with E-state index in [-0.39, 0.29) is 24.3 Å². The Balaban J connectivity index is 3.03. The van der Waals surface area contributed by atoms with Gasteiger partial charge in [-0.05, 0) is 12.8 Å². The summed E-state index contributed by atoms with van der Waals surface area (Å²) >= 11 is 0. The zero-order valence-corrected chi connectivity index (χ0v) is 11.5. The number of alkyl halides is 3. The molecule has 0 amide bonds. The third-order valence-corrected chi connectivity index (χ3v) is 2.60. The summed E-state index contributed by atoms with van der Waals surface area (Å²) in [6.45, 7) is 4.05. The number of anilines is 2. The summed E-state index contributed by atoms with van der Waals surface area (Å²) in [5.74, 6) is -1.04. The van der Waals surface area contributed by atoms with Crippen LogP contribution < -0.4 is 10.6 Å². The molecule has 0 aliphatic carbocycles. The van der Waals surface area contributed by atoms with Gasteiger partial charge in [-0.1, -0.05) is 13.8 Å². The van der Waals surface area contributed by atoms with Crippen LogP contribution in [0.15, 0.2) is 6.07 Å². The number of rotatable bonds is 7. The summed E-state index contributed by atoms with van der Waals surface area (Å²) in [5.41, 5.74) is 0. The average molecular weight is 292 g/mol. The summed E-state index contributed by atoms with van der Waals surface area (Å²) in [7, 11) is 0. The van der Waals surface area contributed by atoms with Crippen molar-refractivity contribution >= 4 is 11.6 Å². The summed E-state index contributed by atoms with van der Waals surface area (Å²) in [5, 5.41) is 14.7. The number of aliphatic hydroxyl groups is 1. The molecule has 0 aliphatic heterocycles. The molecule has 1 heterocycles. The molecular formula is C12H19F3N4O. The number of halogens is 3. The number of hydrogen-bond donors (Lipinski definition) is 3. The molecule has 0 fully saturated rings. The van der Waals surface area contributed by atoms with Crippen molar-refractivity contribution in [3.05, 3.63) is 11.9 Å². The van der Waals surface area contributed by atoms with Crippen molar-refractivity contribution in [3.63, 3.8) is 0 Å². The van der Waals surface area contributed by atoms with Crippen molar-refractivity contribution in [1.29, 1.82) is 0 Å². The fourth-order valence-electron chi connectivity index (χ4n) is 1.48. The Morgan fingerprint density at radius 3 is 2.40 bits per heavy atom. The lowest BCUT2D eigenvalue weighted by atomic mass is 10.2. The molecule has 1 aromatic rings. The van der Waals surface area contributed by atoms with E-state index in [1.54, 1.807) is 0 Å². The number of aliphatic hydroxyl groups excluding tert-OH is 1. The summed E-state index contributed by atoms with van der Waals surface area (Å²) in [4.78, 5) is 6.90. The summed E-state index contributed by atoms with van der Waals surface area (Å²) in [6.07, 6.45) is -3.27. The van der Waals surface area contributed by atoms with Crippen molar-refractivity contribution in [2.24, 2.45) is 0 Å². The molecule has 20 heavy (non-hydrogen) atoms. The van der Waals surface area contributed by atoms with E-state index in [2.05, 4.69) is 20.6 Å². The number of aromatic nitrogens is 2. The van der Waals surface area contributed by atoms with Crippen LogP contribution in [0.1, 0.15) is 32.5 Å². The maximum atomic E-state index is 12.7. The molecule has 0 radical (unpaired) electrons. The normalized spacial score (nSPS) is 13.1. The summed E-state index contributed by atoms with van der Waals surface area (Å²) < 4.78 is 38.2. The molecule has 1 atom stereocenters. The Bertz CT molecular complexity index is 422. The van der Waals surface area contributed by atoms with Crippen molar-refractivity contribution < 1.29 is 18.3 Å². The van der Waals surface area contributed by atoms with Crippen LogP contribution >= 0.6 is 0 Å². The van der Waals surface area contributed by atoms with E-state index in [0.29, 0.717) is 13.0 Å². The SMILES string of the molecule is CCCNc1cc(NC(CC)CO)nc(C(F)(F)F)n1. The average Bonchev–Trinajstić information content (AvgIpc) is 2.41. The topological polar surface area (TPSA) is 70.1 Å². The van der Waals surface area contributed by atoms with Gasteiger partial charge in [0.25, 0.3) is 0 Å². The van der Waals surface area contributed by atoms with Gasteiger partial charge in [0.2, 0.25) is 5.82 Å². The van der Waals surface area contributed by atoms with Crippen molar-refractivity contribution in [1.82, 2.24) is 9.97 Å². The predicted octanol–water partition coefficient (Wildman–Crippen LogP) is 2.50. The Labute approximate surface area is 115 Å². The van der Waals surface area contributed by atoms with Crippen LogP contribution in [0.2, 0.25) is 0 Å². The van der Waals surface area contributed by atoms with Gasteiger partial charge in [0, 0.05) is 12.6 Å². The molecule has 0 aliphatic rings. The van der Waals surface area contributed by atoms with Crippen LogP contribution in [0, 0.1) is 0 Å². The van der Waals surface area contributed by atoms with E-state index >= 15 is 0 Å². The fraction of sp³-hybridized carbons (Fsp3) is 0.667. The third-order valence-electron chi connectivity index (χ3n) is 2.60. The van der Waals surface area contributed by atoms with Gasteiger partial charge in [0.15, 0.2) is 0 Å². The molecule has 0 aromatic carbocycles. The standard InChI is InChI=1S/C12H19F3N4O/c1-3-5-16-9-6-10(17-8(4-2)7-20)19-11(18-9)12(13,14)15/h6,8,20H,3-5,7H2,1-2H3,(H2,16,17,18,19). The highest BCUT2D eigenvalue weighted by Gasteiger charge is 2.35. The van der Waals surface area contributed by atoms with E-state index in [4.69, 9.17) is 5.11 Å². The van der Waals surface area contributed by atoms with Crippen LogP contribution in [-0.2, 0) is 6.18 Å². The van der Waals surface area contributed by atoms with E-state index in [1.807, 2.05) is 13.8 Å². The molecular weight excluding hydrogens is 273 g/mol. The molecule has 0 spiro atoms. The molecule has 1 unspecified atom stereocenters. The summed E-state index contributed by atoms with van der Waals surface area (Å²) in [6, 6.07) is 1.06. The second-order valence-electron chi connectivity index (χ2n) is 4.32. The molecule has 5 nitrogen and oxygen atoms in total. The third kappa shape index (κ3) is 4.84. The lowest BCUT2D eigenvalue weighted by Gasteiger charge is -2.17. The monoisotopic (exact) mass is 292 g/mol. The highest BCUT2D eigenvalue weighted by atomic mass is 19.4. The van der Waals surface area contributed by atoms with Gasteiger partial charge in [-0.25, -0.2) is 9.97 Å². The van der Waals surface area contributed by atoms with Crippen LogP contribution in [0.5, 0.6) is 0 Å². The molecule has 0 saturated heterocycles. The first-order chi connectivity index (χ1) is 9.40. The van der Waals surface area contributed by atoms with E-state index in [0.717, 1.165) is 6.42 Å². The highest BCUT2D eigenvalue weighted by molar-refractivity contribution is 5.48. The van der Waals surface area contributed by atoms with Gasteiger partial charge in [0.1, 0.15) is 11.6 Å². The minimum atomic E-state index is -4.61. The van der Waals surface area contributed by atoms with Crippen molar-refractivity contribution in [2.45, 2.75) is 38.9 Å². The second kappa shape index (κ2) is 7.28. The lowest BCUT2D eigenvalue weighted by molar-refractivity contribution is -0.144. The Morgan fingerprint density at radius 2 is 1.90 bits per heavy atom. The largest absolute Gasteiger partial charge is 0.451 e. The molecule has 0 bridgehead atoms. The first-order valence-electron chi connectivity index (χ1n) is 6.48. The first-order valence-corrected chi connectivity index (χ1v) is 6.48. The number of nitrogens with one attached hydrogen (secondary N) is 2. The minimum Gasteiger partial charge on any atom is -0.394 e. The molecule has 1 rings (SSSR count). The lowest BCUT2D eigenvalue weighted by Crippen LogP contribution is -2.24. The second-order valence-corrected chi connectivity index (χ2v) is 4.32. The van der Waals surface area contributed by atoms with Crippen molar-refractivity contribution in [2.75, 3.05) is 23.8 Å². The molecule has 0 saturated carbocycles. The number of hydrogen-bond acceptors (Lipinski definition) is 5. The van der Waals surface area contributed by atoms with Crippen LogP contribution in [0.25, 0.3) is 0 Å². The van der Waals surface area contributed by atoms with Gasteiger partial charge in [-0.2, -0.15) is 13.2 Å². The molecule has 1 aromatic heterocycles. The minimum absolute atomic E-state index is 0.0480. The van der Waals surface area contributed by atoms with E-state index in [1.165, 1.54) is 6.07 Å². The Kier molecular flexibility index (Phi) is 6.00. The van der Waals surface area contributed by atoms with Gasteiger partial charge >= 0.3 is 6.18 Å².